The Hall–Kier alpha value is -4.28. The number of benzene rings is 2. The molecular formula is C33H36Cl2FN7O6S. The van der Waals surface area contributed by atoms with Gasteiger partial charge in [0.05, 0.1) is 21.1 Å². The van der Waals surface area contributed by atoms with E-state index in [4.69, 9.17) is 39.1 Å². The van der Waals surface area contributed by atoms with Gasteiger partial charge in [0, 0.05) is 62.2 Å². The lowest BCUT2D eigenvalue weighted by atomic mass is 9.89. The van der Waals surface area contributed by atoms with Crippen LogP contribution >= 0.6 is 23.2 Å². The lowest BCUT2D eigenvalue weighted by molar-refractivity contribution is -0.134. The zero-order chi connectivity index (χ0) is 36.2. The Bertz CT molecular complexity index is 2010. The molecule has 2 aliphatic rings. The zero-order valence-corrected chi connectivity index (χ0v) is 29.3. The van der Waals surface area contributed by atoms with E-state index in [1.807, 2.05) is 6.20 Å². The van der Waals surface area contributed by atoms with Crippen LogP contribution in [0.3, 0.4) is 0 Å². The summed E-state index contributed by atoms with van der Waals surface area (Å²) in [5, 5.41) is 16.2. The molecule has 3 heterocycles. The minimum Gasteiger partial charge on any atom is -0.478 e. The highest BCUT2D eigenvalue weighted by molar-refractivity contribution is 7.92. The van der Waals surface area contributed by atoms with Gasteiger partial charge < -0.3 is 25.4 Å². The van der Waals surface area contributed by atoms with Crippen LogP contribution in [0.1, 0.15) is 31.7 Å². The molecule has 5 N–H and O–H groups in total. The van der Waals surface area contributed by atoms with E-state index in [0.29, 0.717) is 46.2 Å². The second kappa shape index (κ2) is 15.7. The second-order valence-electron chi connectivity index (χ2n) is 12.1. The van der Waals surface area contributed by atoms with Crippen LogP contribution in [0.15, 0.2) is 66.0 Å². The number of hydrogen-bond acceptors (Lipinski definition) is 9. The molecule has 0 bridgehead atoms. The van der Waals surface area contributed by atoms with Crippen LogP contribution < -0.4 is 10.5 Å². The molecule has 1 saturated carbocycles. The maximum atomic E-state index is 15.4. The Labute approximate surface area is 298 Å². The summed E-state index contributed by atoms with van der Waals surface area (Å²) < 4.78 is 45.7. The number of fused-ring (bicyclic) bond motifs is 1. The van der Waals surface area contributed by atoms with Crippen molar-refractivity contribution in [2.75, 3.05) is 43.7 Å². The molecule has 1 aliphatic carbocycles. The Morgan fingerprint density at radius 2 is 1.62 bits per heavy atom. The number of carboxylic acids is 2. The first-order chi connectivity index (χ1) is 23.7. The van der Waals surface area contributed by atoms with Crippen LogP contribution in [-0.2, 0) is 19.6 Å². The Morgan fingerprint density at radius 1 is 0.980 bits per heavy atom. The van der Waals surface area contributed by atoms with Crippen molar-refractivity contribution in [3.8, 4) is 11.1 Å². The molecule has 50 heavy (non-hydrogen) atoms. The molecule has 0 unspecified atom stereocenters. The third-order valence-electron chi connectivity index (χ3n) is 8.85. The molecule has 1 saturated heterocycles. The number of carbonyl (C=O) groups is 2. The Balaban J connectivity index is 0.000000544. The van der Waals surface area contributed by atoms with E-state index in [1.54, 1.807) is 6.07 Å². The average Bonchev–Trinajstić information content (AvgIpc) is 3.47. The summed E-state index contributed by atoms with van der Waals surface area (Å²) in [7, 11) is -2.02. The summed E-state index contributed by atoms with van der Waals surface area (Å²) in [6.45, 7) is 4.42. The number of anilines is 2. The van der Waals surface area contributed by atoms with Gasteiger partial charge >= 0.3 is 11.9 Å². The van der Waals surface area contributed by atoms with E-state index in [2.05, 4.69) is 36.1 Å². The standard InChI is InChI=1S/C29H32Cl2FN7O2S.C4H4O4/c1-37-11-13-38(14-12-37)19-6-8-20(9-7-19)39-16-21(26-28(33)34-17-35-29(26)39)18-5-10-24(23(32)15-18)36-42(40,41)25-4-2-3-22(30)27(25)31;5-3(6)1-2-4(7)8/h2-5,10,15-17,19-20,36H,6-9,11-14H2,1H3,(H2,33,34,35);1-2H,(H,5,6)(H,7,8). The molecule has 4 aromatic rings. The van der Waals surface area contributed by atoms with Crippen molar-refractivity contribution in [2.45, 2.75) is 42.7 Å². The summed E-state index contributed by atoms with van der Waals surface area (Å²) >= 11 is 12.1. The highest BCUT2D eigenvalue weighted by atomic mass is 35.5. The van der Waals surface area contributed by atoms with Crippen molar-refractivity contribution < 1.29 is 32.6 Å². The Kier molecular flexibility index (Phi) is 11.6. The fraction of sp³-hybridized carbons (Fsp3) is 0.333. The van der Waals surface area contributed by atoms with Crippen molar-refractivity contribution in [1.82, 2.24) is 24.3 Å². The van der Waals surface area contributed by atoms with Crippen LogP contribution in [0.5, 0.6) is 0 Å². The van der Waals surface area contributed by atoms with Crippen LogP contribution in [0.25, 0.3) is 22.2 Å². The molecular weight excluding hydrogens is 712 g/mol. The highest BCUT2D eigenvalue weighted by Crippen LogP contribution is 2.40. The van der Waals surface area contributed by atoms with Gasteiger partial charge in [-0.1, -0.05) is 35.3 Å². The number of aromatic nitrogens is 3. The molecule has 6 rings (SSSR count). The molecule has 2 fully saturated rings. The fourth-order valence-corrected chi connectivity index (χ4v) is 8.12. The number of carboxylic acid groups (broad SMARTS) is 2. The van der Waals surface area contributed by atoms with Crippen LogP contribution in [0.2, 0.25) is 10.0 Å². The molecule has 13 nitrogen and oxygen atoms in total. The third-order valence-corrected chi connectivity index (χ3v) is 11.2. The molecule has 2 aromatic heterocycles. The van der Waals surface area contributed by atoms with Gasteiger partial charge in [-0.05, 0) is 62.6 Å². The number of halogens is 3. The monoisotopic (exact) mass is 747 g/mol. The molecule has 1 aliphatic heterocycles. The topological polar surface area (TPSA) is 184 Å². The number of sulfonamides is 1. The lowest BCUT2D eigenvalue weighted by Gasteiger charge is -2.41. The van der Waals surface area contributed by atoms with Gasteiger partial charge in [-0.15, -0.1) is 0 Å². The molecule has 0 spiro atoms. The van der Waals surface area contributed by atoms with Gasteiger partial charge in [0.15, 0.2) is 0 Å². The minimum atomic E-state index is -4.19. The van der Waals surface area contributed by atoms with Crippen molar-refractivity contribution in [3.05, 3.63) is 76.9 Å². The number of likely N-dealkylation sites (N-methyl/N-ethyl adjacent to an activating group) is 1. The van der Waals surface area contributed by atoms with Gasteiger partial charge in [0.2, 0.25) is 0 Å². The molecule has 0 atom stereocenters. The van der Waals surface area contributed by atoms with Crippen molar-refractivity contribution in [3.63, 3.8) is 0 Å². The summed E-state index contributed by atoms with van der Waals surface area (Å²) in [4.78, 5) is 32.6. The number of aliphatic carboxylic acids is 2. The van der Waals surface area contributed by atoms with E-state index in [1.165, 1.54) is 36.7 Å². The third kappa shape index (κ3) is 8.53. The maximum absolute atomic E-state index is 15.4. The first-order valence-corrected chi connectivity index (χ1v) is 17.9. The second-order valence-corrected chi connectivity index (χ2v) is 14.5. The predicted octanol–water partition coefficient (Wildman–Crippen LogP) is 5.37. The summed E-state index contributed by atoms with van der Waals surface area (Å²) in [6.07, 6.45) is 8.75. The fourth-order valence-electron chi connectivity index (χ4n) is 6.29. The molecule has 266 valence electrons. The Morgan fingerprint density at radius 3 is 2.24 bits per heavy atom. The summed E-state index contributed by atoms with van der Waals surface area (Å²) in [6, 6.07) is 9.38. The lowest BCUT2D eigenvalue weighted by Crippen LogP contribution is -2.49. The largest absolute Gasteiger partial charge is 0.478 e. The SMILES string of the molecule is CN1CCN(C2CCC(n3cc(-c4ccc(NS(=O)(=O)c5cccc(Cl)c5Cl)c(F)c4)c4c(N)ncnc43)CC2)CC1.O=C(O)C=CC(=O)O. The minimum absolute atomic E-state index is 0.0828. The number of nitrogens with zero attached hydrogens (tertiary/aromatic N) is 5. The number of hydrogen-bond donors (Lipinski definition) is 4. The normalized spacial score (nSPS) is 18.9. The van der Waals surface area contributed by atoms with E-state index in [9.17, 15) is 18.0 Å². The van der Waals surface area contributed by atoms with Crippen molar-refractivity contribution in [1.29, 1.82) is 0 Å². The summed E-state index contributed by atoms with van der Waals surface area (Å²) in [5.74, 6) is -2.96. The average molecular weight is 749 g/mol. The van der Waals surface area contributed by atoms with E-state index >= 15 is 4.39 Å². The van der Waals surface area contributed by atoms with Gasteiger partial charge in [-0.25, -0.2) is 32.4 Å². The van der Waals surface area contributed by atoms with E-state index < -0.39 is 27.8 Å². The van der Waals surface area contributed by atoms with Crippen LogP contribution in [-0.4, -0.2) is 94.2 Å². The van der Waals surface area contributed by atoms with E-state index in [0.717, 1.165) is 51.9 Å². The van der Waals surface area contributed by atoms with Gasteiger partial charge in [-0.3, -0.25) is 9.62 Å². The first kappa shape index (κ1) is 37.0. The van der Waals surface area contributed by atoms with Gasteiger partial charge in [0.25, 0.3) is 10.0 Å². The summed E-state index contributed by atoms with van der Waals surface area (Å²) in [5.41, 5.74) is 8.04. The highest BCUT2D eigenvalue weighted by Gasteiger charge is 2.30. The molecule has 17 heteroatoms. The van der Waals surface area contributed by atoms with Gasteiger partial charge in [-0.2, -0.15) is 0 Å². The molecule has 0 amide bonds. The quantitative estimate of drug-likeness (QED) is 0.170. The van der Waals surface area contributed by atoms with Gasteiger partial charge in [0.1, 0.15) is 28.5 Å². The number of piperazine rings is 1. The zero-order valence-electron chi connectivity index (χ0n) is 27.0. The molecule has 0 radical (unpaired) electrons. The number of nitrogens with two attached hydrogens (primary N) is 1. The number of rotatable bonds is 8. The van der Waals surface area contributed by atoms with Crippen LogP contribution in [0, 0.1) is 5.82 Å². The first-order valence-electron chi connectivity index (χ1n) is 15.7. The van der Waals surface area contributed by atoms with Crippen molar-refractivity contribution in [2.24, 2.45) is 0 Å². The van der Waals surface area contributed by atoms with E-state index in [-0.39, 0.29) is 26.7 Å². The predicted molar refractivity (Wildman–Crippen MR) is 189 cm³/mol. The van der Waals surface area contributed by atoms with Crippen LogP contribution in [0.4, 0.5) is 15.9 Å². The smallest absolute Gasteiger partial charge is 0.328 e. The number of nitrogens with one attached hydrogen (secondary N) is 1. The van der Waals surface area contributed by atoms with Crippen molar-refractivity contribution >= 4 is 67.7 Å². The molecule has 2 aromatic carbocycles. The number of nitrogen functional groups attached to an aromatic ring is 1. The maximum Gasteiger partial charge on any atom is 0.328 e.